The first-order chi connectivity index (χ1) is 11.6. The summed E-state index contributed by atoms with van der Waals surface area (Å²) >= 11 is 1.49. The SMILES string of the molecule is N#Cc1cccc(S(=O)(=O)N(Cc2ccco2)Cc2cccs2)c1. The minimum Gasteiger partial charge on any atom is -0.468 e. The van der Waals surface area contributed by atoms with Crippen molar-refractivity contribution >= 4 is 21.4 Å². The Bertz CT molecular complexity index is 904. The zero-order chi connectivity index (χ0) is 17.0. The molecule has 5 nitrogen and oxygen atoms in total. The maximum absolute atomic E-state index is 13.0. The Labute approximate surface area is 144 Å². The highest BCUT2D eigenvalue weighted by Crippen LogP contribution is 2.23. The van der Waals surface area contributed by atoms with Crippen LogP contribution in [-0.2, 0) is 23.1 Å². The van der Waals surface area contributed by atoms with Crippen molar-refractivity contribution in [2.45, 2.75) is 18.0 Å². The molecule has 0 saturated carbocycles. The van der Waals surface area contributed by atoms with E-state index in [1.807, 2.05) is 23.6 Å². The van der Waals surface area contributed by atoms with Gasteiger partial charge in [-0.1, -0.05) is 12.1 Å². The molecule has 2 heterocycles. The van der Waals surface area contributed by atoms with Crippen LogP contribution in [-0.4, -0.2) is 12.7 Å². The van der Waals surface area contributed by atoms with Gasteiger partial charge in [-0.05, 0) is 41.8 Å². The van der Waals surface area contributed by atoms with E-state index < -0.39 is 10.0 Å². The minimum absolute atomic E-state index is 0.102. The highest BCUT2D eigenvalue weighted by atomic mass is 32.2. The lowest BCUT2D eigenvalue weighted by molar-refractivity contribution is 0.360. The smallest absolute Gasteiger partial charge is 0.243 e. The van der Waals surface area contributed by atoms with Gasteiger partial charge in [0, 0.05) is 11.4 Å². The Morgan fingerprint density at radius 3 is 2.67 bits per heavy atom. The monoisotopic (exact) mass is 358 g/mol. The van der Waals surface area contributed by atoms with Gasteiger partial charge in [0.25, 0.3) is 0 Å². The first kappa shape index (κ1) is 16.5. The summed E-state index contributed by atoms with van der Waals surface area (Å²) in [5.41, 5.74) is 0.310. The highest BCUT2D eigenvalue weighted by Gasteiger charge is 2.26. The average Bonchev–Trinajstić information content (AvgIpc) is 3.28. The van der Waals surface area contributed by atoms with E-state index >= 15 is 0 Å². The Balaban J connectivity index is 1.97. The Hall–Kier alpha value is -2.40. The van der Waals surface area contributed by atoms with Crippen molar-refractivity contribution < 1.29 is 12.8 Å². The standard InChI is InChI=1S/C17H14N2O3S2/c18-11-14-4-1-7-17(10-14)24(20,21)19(12-15-5-2-8-22-15)13-16-6-3-9-23-16/h1-10H,12-13H2. The fourth-order valence-electron chi connectivity index (χ4n) is 2.25. The lowest BCUT2D eigenvalue weighted by Crippen LogP contribution is -2.30. The molecule has 0 radical (unpaired) electrons. The summed E-state index contributed by atoms with van der Waals surface area (Å²) in [5.74, 6) is 0.562. The zero-order valence-corrected chi connectivity index (χ0v) is 14.3. The van der Waals surface area contributed by atoms with Crippen LogP contribution in [0.3, 0.4) is 0 Å². The molecule has 1 aromatic carbocycles. The van der Waals surface area contributed by atoms with E-state index in [2.05, 4.69) is 0 Å². The van der Waals surface area contributed by atoms with Crippen molar-refractivity contribution in [3.63, 3.8) is 0 Å². The van der Waals surface area contributed by atoms with E-state index in [1.54, 1.807) is 24.3 Å². The Kier molecular flexibility index (Phi) is 4.81. The molecule has 3 aromatic rings. The van der Waals surface area contributed by atoms with Crippen LogP contribution >= 0.6 is 11.3 Å². The molecular weight excluding hydrogens is 344 g/mol. The lowest BCUT2D eigenvalue weighted by atomic mass is 10.2. The lowest BCUT2D eigenvalue weighted by Gasteiger charge is -2.20. The van der Waals surface area contributed by atoms with Crippen molar-refractivity contribution in [1.82, 2.24) is 4.31 Å². The summed E-state index contributed by atoms with van der Waals surface area (Å²) in [6.45, 7) is 0.376. The minimum atomic E-state index is -3.76. The number of furan rings is 1. The summed E-state index contributed by atoms with van der Waals surface area (Å²) < 4.78 is 32.7. The van der Waals surface area contributed by atoms with Crippen LogP contribution in [0.25, 0.3) is 0 Å². The van der Waals surface area contributed by atoms with Gasteiger partial charge in [0.05, 0.1) is 29.3 Å². The molecule has 0 unspecified atom stereocenters. The number of nitriles is 1. The number of hydrogen-bond acceptors (Lipinski definition) is 5. The van der Waals surface area contributed by atoms with Crippen LogP contribution in [0.1, 0.15) is 16.2 Å². The fourth-order valence-corrected chi connectivity index (χ4v) is 4.49. The van der Waals surface area contributed by atoms with Crippen LogP contribution in [0.15, 0.2) is 69.5 Å². The van der Waals surface area contributed by atoms with Crippen LogP contribution in [0, 0.1) is 11.3 Å². The van der Waals surface area contributed by atoms with Crippen molar-refractivity contribution in [3.8, 4) is 6.07 Å². The molecule has 0 aliphatic heterocycles. The molecule has 0 N–H and O–H groups in total. The number of hydrogen-bond donors (Lipinski definition) is 0. The molecule has 3 rings (SSSR count). The van der Waals surface area contributed by atoms with E-state index in [-0.39, 0.29) is 18.0 Å². The third-order valence-corrected chi connectivity index (χ3v) is 6.07. The molecular formula is C17H14N2O3S2. The van der Waals surface area contributed by atoms with Crippen LogP contribution in [0.2, 0.25) is 0 Å². The summed E-state index contributed by atoms with van der Waals surface area (Å²) in [5, 5.41) is 10.9. The summed E-state index contributed by atoms with van der Waals surface area (Å²) in [6.07, 6.45) is 1.52. The fraction of sp³-hybridized carbons (Fsp3) is 0.118. The van der Waals surface area contributed by atoms with Crippen LogP contribution < -0.4 is 0 Å². The van der Waals surface area contributed by atoms with Crippen LogP contribution in [0.5, 0.6) is 0 Å². The number of sulfonamides is 1. The molecule has 0 aliphatic rings. The Morgan fingerprint density at radius 1 is 1.12 bits per heavy atom. The van der Waals surface area contributed by atoms with Gasteiger partial charge in [0.2, 0.25) is 10.0 Å². The summed E-state index contributed by atoms with van der Waals surface area (Å²) in [4.78, 5) is 1.03. The van der Waals surface area contributed by atoms with Crippen molar-refractivity contribution in [3.05, 3.63) is 76.4 Å². The first-order valence-corrected chi connectivity index (χ1v) is 9.46. The van der Waals surface area contributed by atoms with Crippen molar-refractivity contribution in [1.29, 1.82) is 5.26 Å². The number of thiophene rings is 1. The molecule has 0 fully saturated rings. The van der Waals surface area contributed by atoms with Gasteiger partial charge in [-0.2, -0.15) is 9.57 Å². The van der Waals surface area contributed by atoms with E-state index in [4.69, 9.17) is 9.68 Å². The second-order valence-corrected chi connectivity index (χ2v) is 8.04. The number of benzene rings is 1. The topological polar surface area (TPSA) is 74.3 Å². The maximum atomic E-state index is 13.0. The quantitative estimate of drug-likeness (QED) is 0.675. The van der Waals surface area contributed by atoms with E-state index in [0.29, 0.717) is 11.3 Å². The molecule has 0 saturated heterocycles. The molecule has 7 heteroatoms. The second-order valence-electron chi connectivity index (χ2n) is 5.07. The molecule has 0 bridgehead atoms. The first-order valence-electron chi connectivity index (χ1n) is 7.14. The predicted molar refractivity (Wildman–Crippen MR) is 90.6 cm³/mol. The summed E-state index contributed by atoms with van der Waals surface area (Å²) in [7, 11) is -3.76. The van der Waals surface area contributed by atoms with Crippen molar-refractivity contribution in [2.24, 2.45) is 0 Å². The average molecular weight is 358 g/mol. The molecule has 2 aromatic heterocycles. The van der Waals surface area contributed by atoms with Gasteiger partial charge in [0.1, 0.15) is 5.76 Å². The molecule has 122 valence electrons. The maximum Gasteiger partial charge on any atom is 0.243 e. The molecule has 0 amide bonds. The highest BCUT2D eigenvalue weighted by molar-refractivity contribution is 7.89. The summed E-state index contributed by atoms with van der Waals surface area (Å²) in [6, 6.07) is 15.2. The van der Waals surface area contributed by atoms with Gasteiger partial charge in [0.15, 0.2) is 0 Å². The molecule has 0 atom stereocenters. The Morgan fingerprint density at radius 2 is 2.00 bits per heavy atom. The normalized spacial score (nSPS) is 11.5. The number of rotatable bonds is 6. The van der Waals surface area contributed by atoms with Crippen molar-refractivity contribution in [2.75, 3.05) is 0 Å². The molecule has 24 heavy (non-hydrogen) atoms. The van der Waals surface area contributed by atoms with E-state index in [1.165, 1.54) is 34.0 Å². The molecule has 0 aliphatic carbocycles. The van der Waals surface area contributed by atoms with E-state index in [0.717, 1.165) is 4.88 Å². The molecule has 0 spiro atoms. The van der Waals surface area contributed by atoms with Gasteiger partial charge in [-0.15, -0.1) is 11.3 Å². The van der Waals surface area contributed by atoms with Gasteiger partial charge < -0.3 is 4.42 Å². The van der Waals surface area contributed by atoms with Gasteiger partial charge >= 0.3 is 0 Å². The third-order valence-electron chi connectivity index (χ3n) is 3.43. The second kappa shape index (κ2) is 7.01. The zero-order valence-electron chi connectivity index (χ0n) is 12.6. The predicted octanol–water partition coefficient (Wildman–Crippen LogP) is 3.60. The van der Waals surface area contributed by atoms with Crippen LogP contribution in [0.4, 0.5) is 0 Å². The number of nitrogens with zero attached hydrogens (tertiary/aromatic N) is 2. The largest absolute Gasteiger partial charge is 0.468 e. The van der Waals surface area contributed by atoms with E-state index in [9.17, 15) is 8.42 Å². The third kappa shape index (κ3) is 3.57. The van der Waals surface area contributed by atoms with Gasteiger partial charge in [-0.3, -0.25) is 0 Å². The van der Waals surface area contributed by atoms with Gasteiger partial charge in [-0.25, -0.2) is 8.42 Å².